The van der Waals surface area contributed by atoms with Crippen LogP contribution in [0.3, 0.4) is 0 Å². The monoisotopic (exact) mass is 250 g/mol. The van der Waals surface area contributed by atoms with Crippen molar-refractivity contribution in [2.45, 2.75) is 6.42 Å². The highest BCUT2D eigenvalue weighted by atomic mass is 16.4. The Morgan fingerprint density at radius 3 is 2.89 bits per heavy atom. The topological polar surface area (TPSA) is 86.1 Å². The van der Waals surface area contributed by atoms with Crippen LogP contribution in [-0.2, 0) is 0 Å². The molecule has 96 valence electrons. The summed E-state index contributed by atoms with van der Waals surface area (Å²) in [6, 6.07) is 3.01. The van der Waals surface area contributed by atoms with Gasteiger partial charge in [0.1, 0.15) is 5.82 Å². The molecule has 1 fully saturated rings. The van der Waals surface area contributed by atoms with E-state index in [9.17, 15) is 9.70 Å². The van der Waals surface area contributed by atoms with Gasteiger partial charge < -0.3 is 10.0 Å². The highest BCUT2D eigenvalue weighted by Gasteiger charge is 2.16. The average molecular weight is 250 g/mol. The van der Waals surface area contributed by atoms with Crippen LogP contribution in [0.5, 0.6) is 0 Å². The Morgan fingerprint density at radius 2 is 2.17 bits per heavy atom. The number of carbonyl (C=O) groups is 1. The second-order valence-electron chi connectivity index (χ2n) is 4.08. The second-order valence-corrected chi connectivity index (χ2v) is 4.08. The summed E-state index contributed by atoms with van der Waals surface area (Å²) in [7, 11) is 0. The van der Waals surface area contributed by atoms with Crippen molar-refractivity contribution in [3.8, 4) is 0 Å². The number of aromatic nitrogens is 1. The minimum absolute atomic E-state index is 0.217. The normalized spacial score (nSPS) is 16.2. The lowest BCUT2D eigenvalue weighted by Gasteiger charge is -2.21. The van der Waals surface area contributed by atoms with Crippen LogP contribution in [-0.4, -0.2) is 47.2 Å². The lowest BCUT2D eigenvalue weighted by atomic mass is 10.2. The summed E-state index contributed by atoms with van der Waals surface area (Å²) >= 11 is 0. The smallest absolute Gasteiger partial charge is 0.335 e. The summed E-state index contributed by atoms with van der Waals surface area (Å²) in [5.41, 5.74) is 0.217. The van der Waals surface area contributed by atoms with E-state index in [0.717, 1.165) is 13.0 Å². The van der Waals surface area contributed by atoms with Crippen LogP contribution in [0.1, 0.15) is 16.8 Å². The lowest BCUT2D eigenvalue weighted by molar-refractivity contribution is 0.0697. The number of hydrogen-bond donors (Lipinski definition) is 1. The third kappa shape index (κ3) is 2.73. The number of nitrogens with zero attached hydrogens (tertiary/aromatic N) is 4. The Labute approximate surface area is 104 Å². The largest absolute Gasteiger partial charge is 0.478 e. The van der Waals surface area contributed by atoms with E-state index < -0.39 is 5.97 Å². The molecule has 1 aromatic rings. The molecule has 0 amide bonds. The minimum atomic E-state index is -0.968. The van der Waals surface area contributed by atoms with Gasteiger partial charge in [-0.05, 0) is 18.6 Å². The standard InChI is InChI=1S/C11H14N4O3/c16-11(17)9-2-3-12-10(8-9)14-4-1-5-15(13-18)7-6-14/h2-3,8H,1,4-7H2,(H,16,17). The van der Waals surface area contributed by atoms with Crippen molar-refractivity contribution >= 4 is 11.8 Å². The Morgan fingerprint density at radius 1 is 1.33 bits per heavy atom. The van der Waals surface area contributed by atoms with Gasteiger partial charge in [0.25, 0.3) is 0 Å². The predicted molar refractivity (Wildman–Crippen MR) is 65.4 cm³/mol. The predicted octanol–water partition coefficient (Wildman–Crippen LogP) is 0.973. The molecule has 7 nitrogen and oxygen atoms in total. The van der Waals surface area contributed by atoms with E-state index in [0.29, 0.717) is 25.5 Å². The van der Waals surface area contributed by atoms with Crippen molar-refractivity contribution in [2.75, 3.05) is 31.1 Å². The van der Waals surface area contributed by atoms with Crippen molar-refractivity contribution in [1.29, 1.82) is 0 Å². The number of carboxylic acid groups (broad SMARTS) is 1. The van der Waals surface area contributed by atoms with Gasteiger partial charge in [0, 0.05) is 25.8 Å². The molecule has 0 unspecified atom stereocenters. The van der Waals surface area contributed by atoms with Crippen LogP contribution < -0.4 is 4.90 Å². The van der Waals surface area contributed by atoms with Crippen LogP contribution in [0.15, 0.2) is 23.6 Å². The van der Waals surface area contributed by atoms with Gasteiger partial charge in [-0.15, -0.1) is 4.91 Å². The molecule has 1 saturated heterocycles. The molecule has 0 radical (unpaired) electrons. The minimum Gasteiger partial charge on any atom is -0.478 e. The summed E-state index contributed by atoms with van der Waals surface area (Å²) < 4.78 is 0. The molecule has 0 bridgehead atoms. The van der Waals surface area contributed by atoms with Gasteiger partial charge in [0.05, 0.1) is 17.4 Å². The number of pyridine rings is 1. The number of carboxylic acids is 1. The first-order chi connectivity index (χ1) is 8.70. The third-order valence-electron chi connectivity index (χ3n) is 2.90. The first-order valence-electron chi connectivity index (χ1n) is 5.73. The van der Waals surface area contributed by atoms with E-state index in [2.05, 4.69) is 10.3 Å². The first kappa shape index (κ1) is 12.3. The highest BCUT2D eigenvalue weighted by molar-refractivity contribution is 5.88. The SMILES string of the molecule is O=NN1CCCN(c2cc(C(=O)O)ccn2)CC1. The molecule has 1 aliphatic rings. The molecule has 7 heteroatoms. The van der Waals surface area contributed by atoms with Gasteiger partial charge in [0.2, 0.25) is 0 Å². The molecule has 0 spiro atoms. The van der Waals surface area contributed by atoms with Crippen molar-refractivity contribution < 1.29 is 9.90 Å². The van der Waals surface area contributed by atoms with E-state index in [-0.39, 0.29) is 5.56 Å². The van der Waals surface area contributed by atoms with Crippen LogP contribution in [0, 0.1) is 4.91 Å². The van der Waals surface area contributed by atoms with Crippen LogP contribution >= 0.6 is 0 Å². The van der Waals surface area contributed by atoms with E-state index >= 15 is 0 Å². The van der Waals surface area contributed by atoms with Gasteiger partial charge in [-0.2, -0.15) is 0 Å². The van der Waals surface area contributed by atoms with E-state index in [4.69, 9.17) is 5.11 Å². The molecule has 1 aliphatic heterocycles. The molecule has 2 rings (SSSR count). The molecular weight excluding hydrogens is 236 g/mol. The molecular formula is C11H14N4O3. The molecule has 18 heavy (non-hydrogen) atoms. The summed E-state index contributed by atoms with van der Waals surface area (Å²) in [6.45, 7) is 2.50. The Hall–Kier alpha value is -2.18. The molecule has 0 saturated carbocycles. The van der Waals surface area contributed by atoms with Gasteiger partial charge in [-0.25, -0.2) is 9.78 Å². The summed E-state index contributed by atoms with van der Waals surface area (Å²) in [4.78, 5) is 27.5. The fourth-order valence-corrected chi connectivity index (χ4v) is 1.94. The maximum Gasteiger partial charge on any atom is 0.335 e. The maximum absolute atomic E-state index is 10.9. The molecule has 2 heterocycles. The van der Waals surface area contributed by atoms with Crippen molar-refractivity contribution in [2.24, 2.45) is 5.29 Å². The van der Waals surface area contributed by atoms with E-state index in [1.54, 1.807) is 6.07 Å². The zero-order chi connectivity index (χ0) is 13.0. The molecule has 0 aromatic carbocycles. The maximum atomic E-state index is 10.9. The number of anilines is 1. The van der Waals surface area contributed by atoms with Crippen LogP contribution in [0.2, 0.25) is 0 Å². The quantitative estimate of drug-likeness (QED) is 0.804. The molecule has 0 atom stereocenters. The van der Waals surface area contributed by atoms with Gasteiger partial charge >= 0.3 is 5.97 Å². The summed E-state index contributed by atoms with van der Waals surface area (Å²) in [5.74, 6) is -0.340. The third-order valence-corrected chi connectivity index (χ3v) is 2.90. The van der Waals surface area contributed by atoms with Gasteiger partial charge in [0.15, 0.2) is 0 Å². The average Bonchev–Trinajstić information content (AvgIpc) is 2.64. The van der Waals surface area contributed by atoms with Crippen molar-refractivity contribution in [3.05, 3.63) is 28.8 Å². The fraction of sp³-hybridized carbons (Fsp3) is 0.455. The number of hydrogen-bond acceptors (Lipinski definition) is 5. The van der Waals surface area contributed by atoms with Gasteiger partial charge in [-0.3, -0.25) is 5.01 Å². The number of nitroso groups, excluding NO2 is 1. The van der Waals surface area contributed by atoms with Crippen LogP contribution in [0.4, 0.5) is 5.82 Å². The fourth-order valence-electron chi connectivity index (χ4n) is 1.94. The Balaban J connectivity index is 2.13. The lowest BCUT2D eigenvalue weighted by Crippen LogP contribution is -2.29. The zero-order valence-electron chi connectivity index (χ0n) is 9.82. The molecule has 1 aromatic heterocycles. The number of aromatic carboxylic acids is 1. The van der Waals surface area contributed by atoms with Crippen molar-refractivity contribution in [1.82, 2.24) is 9.99 Å². The van der Waals surface area contributed by atoms with E-state index in [1.165, 1.54) is 17.3 Å². The van der Waals surface area contributed by atoms with E-state index in [1.807, 2.05) is 4.90 Å². The zero-order valence-corrected chi connectivity index (χ0v) is 9.82. The second kappa shape index (κ2) is 5.44. The Kier molecular flexibility index (Phi) is 3.71. The Bertz CT molecular complexity index is 452. The summed E-state index contributed by atoms with van der Waals surface area (Å²) in [6.07, 6.45) is 2.28. The summed E-state index contributed by atoms with van der Waals surface area (Å²) in [5, 5.41) is 13.3. The molecule has 0 aliphatic carbocycles. The highest BCUT2D eigenvalue weighted by Crippen LogP contribution is 2.15. The first-order valence-corrected chi connectivity index (χ1v) is 5.73. The molecule has 1 N–H and O–H groups in total. The number of rotatable bonds is 3. The van der Waals surface area contributed by atoms with Crippen LogP contribution in [0.25, 0.3) is 0 Å². The van der Waals surface area contributed by atoms with Gasteiger partial charge in [-0.1, -0.05) is 0 Å². The van der Waals surface area contributed by atoms with Crippen molar-refractivity contribution in [3.63, 3.8) is 0 Å².